The summed E-state index contributed by atoms with van der Waals surface area (Å²) in [5.41, 5.74) is 0. The van der Waals surface area contributed by atoms with E-state index in [4.69, 9.17) is 10.2 Å². The number of carbonyl (C=O) groups is 1. The van der Waals surface area contributed by atoms with Crippen LogP contribution in [0.1, 0.15) is 27.7 Å². The molecular weight excluding hydrogens is 246 g/mol. The highest BCUT2D eigenvalue weighted by Gasteiger charge is 2.22. The predicted octanol–water partition coefficient (Wildman–Crippen LogP) is -0.395. The monoisotopic (exact) mass is 269 g/mol. The van der Waals surface area contributed by atoms with E-state index in [1.165, 1.54) is 13.8 Å². The number of nitrogens with zero attached hydrogens (tertiary/aromatic N) is 1. The number of rotatable bonds is 5. The number of hydrogen-bond donors (Lipinski definition) is 2. The van der Waals surface area contributed by atoms with Crippen molar-refractivity contribution < 1.29 is 23.4 Å². The van der Waals surface area contributed by atoms with E-state index in [1.807, 2.05) is 0 Å². The van der Waals surface area contributed by atoms with Crippen molar-refractivity contribution in [1.82, 2.24) is 4.31 Å². The number of carbonyl (C=O) groups excluding carboxylic acids is 1. The molecule has 104 valence electrons. The van der Waals surface area contributed by atoms with Gasteiger partial charge in [-0.25, -0.2) is 8.42 Å². The molecule has 0 bridgehead atoms. The smallest absolute Gasteiger partial charge is 0.211 e. The van der Waals surface area contributed by atoms with Crippen LogP contribution in [-0.4, -0.2) is 60.3 Å². The fraction of sp³-hybridized carbons (Fsp3) is 0.900. The Bertz CT molecular complexity index is 309. The maximum atomic E-state index is 11.2. The maximum Gasteiger partial charge on any atom is 0.211 e. The summed E-state index contributed by atoms with van der Waals surface area (Å²) in [6, 6.07) is -0.212. The van der Waals surface area contributed by atoms with Crippen LogP contribution in [0.5, 0.6) is 0 Å². The summed E-state index contributed by atoms with van der Waals surface area (Å²) in [4.78, 5) is 9.44. The number of hydrogen-bond acceptors (Lipinski definition) is 5. The van der Waals surface area contributed by atoms with Gasteiger partial charge in [0.25, 0.3) is 0 Å². The molecule has 0 aliphatic heterocycles. The highest BCUT2D eigenvalue weighted by molar-refractivity contribution is 7.88. The largest absolute Gasteiger partial charge is 0.394 e. The average Bonchev–Trinajstić information content (AvgIpc) is 2.10. The molecule has 2 N–H and O–H groups in total. The quantitative estimate of drug-likeness (QED) is 0.708. The van der Waals surface area contributed by atoms with E-state index in [1.54, 1.807) is 13.8 Å². The van der Waals surface area contributed by atoms with E-state index in [0.29, 0.717) is 0 Å². The lowest BCUT2D eigenvalue weighted by atomic mass is 10.3. The van der Waals surface area contributed by atoms with Gasteiger partial charge in [0.05, 0.1) is 19.0 Å². The SMILES string of the molecule is CC(C)=O.CC(C)N(C[C@H](O)CO)S(C)(=O)=O. The molecule has 0 saturated carbocycles. The number of aliphatic hydroxyl groups is 2. The Labute approximate surface area is 103 Å². The molecule has 0 heterocycles. The van der Waals surface area contributed by atoms with Crippen LogP contribution in [0, 0.1) is 0 Å². The Morgan fingerprint density at radius 3 is 1.82 bits per heavy atom. The third-order valence-electron chi connectivity index (χ3n) is 1.60. The molecule has 0 spiro atoms. The first kappa shape index (κ1) is 18.9. The van der Waals surface area contributed by atoms with E-state index in [2.05, 4.69) is 0 Å². The second kappa shape index (κ2) is 8.57. The lowest BCUT2D eigenvalue weighted by molar-refractivity contribution is -0.114. The molecule has 0 aliphatic rings. The van der Waals surface area contributed by atoms with E-state index in [-0.39, 0.29) is 18.4 Å². The molecule has 0 rings (SSSR count). The Morgan fingerprint density at radius 1 is 1.29 bits per heavy atom. The van der Waals surface area contributed by atoms with Gasteiger partial charge in [0.1, 0.15) is 5.78 Å². The third-order valence-corrected chi connectivity index (χ3v) is 3.03. The summed E-state index contributed by atoms with van der Waals surface area (Å²) in [7, 11) is -3.31. The Hall–Kier alpha value is -0.500. The van der Waals surface area contributed by atoms with Gasteiger partial charge in [-0.05, 0) is 27.7 Å². The van der Waals surface area contributed by atoms with Crippen molar-refractivity contribution in [3.8, 4) is 0 Å². The molecule has 0 amide bonds. The molecule has 0 aliphatic carbocycles. The summed E-state index contributed by atoms with van der Waals surface area (Å²) in [6.07, 6.45) is 0.0639. The summed E-state index contributed by atoms with van der Waals surface area (Å²) < 4.78 is 23.5. The summed E-state index contributed by atoms with van der Waals surface area (Å²) in [5.74, 6) is 0.167. The molecule has 0 saturated heterocycles. The van der Waals surface area contributed by atoms with Gasteiger partial charge in [0, 0.05) is 12.6 Å². The maximum absolute atomic E-state index is 11.2. The number of sulfonamides is 1. The van der Waals surface area contributed by atoms with Gasteiger partial charge in [0.15, 0.2) is 0 Å². The Morgan fingerprint density at radius 2 is 1.65 bits per heavy atom. The molecule has 0 aromatic carbocycles. The minimum absolute atomic E-state index is 0.0625. The van der Waals surface area contributed by atoms with E-state index < -0.39 is 22.7 Å². The van der Waals surface area contributed by atoms with Gasteiger partial charge in [0.2, 0.25) is 10.0 Å². The molecule has 0 unspecified atom stereocenters. The second-order valence-electron chi connectivity index (χ2n) is 4.17. The molecular formula is C10H23NO5S. The van der Waals surface area contributed by atoms with E-state index >= 15 is 0 Å². The normalized spacial score (nSPS) is 13.2. The van der Waals surface area contributed by atoms with Gasteiger partial charge < -0.3 is 15.0 Å². The highest BCUT2D eigenvalue weighted by Crippen LogP contribution is 2.05. The van der Waals surface area contributed by atoms with E-state index in [0.717, 1.165) is 10.6 Å². The first-order valence-electron chi connectivity index (χ1n) is 5.25. The van der Waals surface area contributed by atoms with Gasteiger partial charge in [-0.1, -0.05) is 0 Å². The zero-order valence-corrected chi connectivity index (χ0v) is 11.9. The minimum atomic E-state index is -3.31. The summed E-state index contributed by atoms with van der Waals surface area (Å²) in [5, 5.41) is 17.6. The van der Waals surface area contributed by atoms with Gasteiger partial charge >= 0.3 is 0 Å². The van der Waals surface area contributed by atoms with Crippen molar-refractivity contribution in [2.24, 2.45) is 0 Å². The van der Waals surface area contributed by atoms with Crippen LogP contribution >= 0.6 is 0 Å². The van der Waals surface area contributed by atoms with Crippen LogP contribution in [0.4, 0.5) is 0 Å². The fourth-order valence-corrected chi connectivity index (χ4v) is 2.20. The second-order valence-corrected chi connectivity index (χ2v) is 6.11. The highest BCUT2D eigenvalue weighted by atomic mass is 32.2. The van der Waals surface area contributed by atoms with E-state index in [9.17, 15) is 13.2 Å². The predicted molar refractivity (Wildman–Crippen MR) is 66.1 cm³/mol. The molecule has 17 heavy (non-hydrogen) atoms. The molecule has 0 aromatic rings. The molecule has 1 atom stereocenters. The fourth-order valence-electron chi connectivity index (χ4n) is 0.995. The molecule has 0 fully saturated rings. The van der Waals surface area contributed by atoms with Crippen molar-refractivity contribution >= 4 is 15.8 Å². The number of aliphatic hydroxyl groups excluding tert-OH is 2. The first-order valence-corrected chi connectivity index (χ1v) is 7.10. The summed E-state index contributed by atoms with van der Waals surface area (Å²) in [6.45, 7) is 5.99. The molecule has 0 radical (unpaired) electrons. The number of ketones is 1. The first-order chi connectivity index (χ1) is 7.52. The van der Waals surface area contributed by atoms with Gasteiger partial charge in [-0.2, -0.15) is 4.31 Å². The zero-order valence-electron chi connectivity index (χ0n) is 11.0. The zero-order chi connectivity index (χ0) is 14.2. The average molecular weight is 269 g/mol. The van der Waals surface area contributed by atoms with Crippen LogP contribution in [0.2, 0.25) is 0 Å². The lowest BCUT2D eigenvalue weighted by Gasteiger charge is -2.25. The van der Waals surface area contributed by atoms with Gasteiger partial charge in [-0.15, -0.1) is 0 Å². The third kappa shape index (κ3) is 11.8. The minimum Gasteiger partial charge on any atom is -0.394 e. The van der Waals surface area contributed by atoms with Crippen molar-refractivity contribution in [2.45, 2.75) is 39.8 Å². The lowest BCUT2D eigenvalue weighted by Crippen LogP contribution is -2.42. The Kier molecular flexibility index (Phi) is 9.51. The van der Waals surface area contributed by atoms with Crippen molar-refractivity contribution in [3.63, 3.8) is 0 Å². The molecule has 0 aromatic heterocycles. The van der Waals surface area contributed by atoms with Crippen LogP contribution in [-0.2, 0) is 14.8 Å². The van der Waals surface area contributed by atoms with Crippen molar-refractivity contribution in [3.05, 3.63) is 0 Å². The summed E-state index contributed by atoms with van der Waals surface area (Å²) >= 11 is 0. The van der Waals surface area contributed by atoms with Crippen LogP contribution in [0.15, 0.2) is 0 Å². The van der Waals surface area contributed by atoms with Crippen LogP contribution in [0.3, 0.4) is 0 Å². The van der Waals surface area contributed by atoms with Crippen LogP contribution in [0.25, 0.3) is 0 Å². The topological polar surface area (TPSA) is 94.9 Å². The molecule has 7 heteroatoms. The van der Waals surface area contributed by atoms with Gasteiger partial charge in [-0.3, -0.25) is 0 Å². The van der Waals surface area contributed by atoms with Crippen LogP contribution < -0.4 is 0 Å². The molecule has 6 nitrogen and oxygen atoms in total. The Balaban J connectivity index is 0. The standard InChI is InChI=1S/C7H17NO4S.C3H6O/c1-6(2)8(13(3,11)12)4-7(10)5-9;1-3(2)4/h6-7,9-10H,4-5H2,1-3H3;1-2H3/t7-;/m0./s1. The number of Topliss-reactive ketones (excluding diaryl/α,β-unsaturated/α-hetero) is 1. The van der Waals surface area contributed by atoms with Crippen molar-refractivity contribution in [2.75, 3.05) is 19.4 Å². The van der Waals surface area contributed by atoms with Crippen molar-refractivity contribution in [1.29, 1.82) is 0 Å².